The van der Waals surface area contributed by atoms with Crippen LogP contribution >= 0.6 is 12.6 Å². The molecular weight excluding hydrogens is 152 g/mol. The normalized spacial score (nSPS) is 10.0. The minimum absolute atomic E-state index is 1.04. The van der Waals surface area contributed by atoms with Crippen molar-refractivity contribution in [3.8, 4) is 0 Å². The monoisotopic (exact) mass is 172 g/mol. The highest BCUT2D eigenvalue weighted by atomic mass is 32.1. The first-order valence-corrected chi connectivity index (χ1v) is 5.16. The summed E-state index contributed by atoms with van der Waals surface area (Å²) >= 11 is 4.16. The molecule has 0 bridgehead atoms. The maximum absolute atomic E-state index is 4.16. The first kappa shape index (κ1) is 11.1. The summed E-state index contributed by atoms with van der Waals surface area (Å²) in [6.45, 7) is 5.98. The summed E-state index contributed by atoms with van der Waals surface area (Å²) in [6.07, 6.45) is 7.88. The number of unbranched alkanes of at least 4 members (excludes halogenated alkanes) is 4. The van der Waals surface area contributed by atoms with Gasteiger partial charge in [0.2, 0.25) is 0 Å². The summed E-state index contributed by atoms with van der Waals surface area (Å²) in [5.41, 5.74) is 1.32. The van der Waals surface area contributed by atoms with Crippen molar-refractivity contribution >= 4 is 12.6 Å². The van der Waals surface area contributed by atoms with E-state index in [-0.39, 0.29) is 0 Å². The van der Waals surface area contributed by atoms with Crippen LogP contribution in [0, 0.1) is 0 Å². The van der Waals surface area contributed by atoms with Gasteiger partial charge in [-0.1, -0.05) is 24.8 Å². The Bertz CT molecular complexity index is 97.0. The lowest BCUT2D eigenvalue weighted by Crippen LogP contribution is -1.81. The molecule has 0 spiro atoms. The zero-order chi connectivity index (χ0) is 8.53. The van der Waals surface area contributed by atoms with Gasteiger partial charge in [0.1, 0.15) is 0 Å². The molecule has 0 nitrogen and oxygen atoms in total. The van der Waals surface area contributed by atoms with Gasteiger partial charge in [-0.2, -0.15) is 12.6 Å². The van der Waals surface area contributed by atoms with Crippen molar-refractivity contribution in [1.82, 2.24) is 0 Å². The summed E-state index contributed by atoms with van der Waals surface area (Å²) in [6, 6.07) is 0. The molecular formula is C10H20S. The average Bonchev–Trinajstić information content (AvgIpc) is 1.96. The van der Waals surface area contributed by atoms with E-state index >= 15 is 0 Å². The Morgan fingerprint density at radius 2 is 1.64 bits per heavy atom. The average molecular weight is 172 g/mol. The van der Waals surface area contributed by atoms with Crippen LogP contribution in [0.3, 0.4) is 0 Å². The van der Waals surface area contributed by atoms with Crippen LogP contribution in [0.2, 0.25) is 0 Å². The van der Waals surface area contributed by atoms with Crippen LogP contribution in [0.25, 0.3) is 0 Å². The molecule has 0 aromatic carbocycles. The Labute approximate surface area is 76.5 Å². The third-order valence-corrected chi connectivity index (χ3v) is 2.08. The van der Waals surface area contributed by atoms with Crippen LogP contribution in [-0.2, 0) is 0 Å². The van der Waals surface area contributed by atoms with Gasteiger partial charge in [-0.3, -0.25) is 0 Å². The second kappa shape index (κ2) is 8.19. The van der Waals surface area contributed by atoms with E-state index in [4.69, 9.17) is 0 Å². The molecule has 1 heteroatoms. The SMILES string of the molecule is C=C(C)CCCCCCCS. The molecule has 0 aliphatic heterocycles. The van der Waals surface area contributed by atoms with Crippen molar-refractivity contribution in [2.45, 2.75) is 45.4 Å². The van der Waals surface area contributed by atoms with E-state index in [1.807, 2.05) is 0 Å². The van der Waals surface area contributed by atoms with Crippen molar-refractivity contribution in [3.63, 3.8) is 0 Å². The number of hydrogen-bond acceptors (Lipinski definition) is 1. The van der Waals surface area contributed by atoms with Gasteiger partial charge in [0.05, 0.1) is 0 Å². The molecule has 0 aromatic rings. The number of thiol groups is 1. The molecule has 11 heavy (non-hydrogen) atoms. The van der Waals surface area contributed by atoms with Crippen LogP contribution in [0.1, 0.15) is 45.4 Å². The van der Waals surface area contributed by atoms with Crippen molar-refractivity contribution in [3.05, 3.63) is 12.2 Å². The van der Waals surface area contributed by atoms with E-state index in [0.29, 0.717) is 0 Å². The molecule has 0 saturated carbocycles. The molecule has 0 aliphatic rings. The van der Waals surface area contributed by atoms with Gasteiger partial charge in [-0.15, -0.1) is 6.58 Å². The molecule has 0 unspecified atom stereocenters. The van der Waals surface area contributed by atoms with E-state index in [0.717, 1.165) is 5.75 Å². The van der Waals surface area contributed by atoms with Gasteiger partial charge < -0.3 is 0 Å². The van der Waals surface area contributed by atoms with Crippen LogP contribution in [-0.4, -0.2) is 5.75 Å². The summed E-state index contributed by atoms with van der Waals surface area (Å²) in [5, 5.41) is 0. The van der Waals surface area contributed by atoms with E-state index in [1.54, 1.807) is 0 Å². The standard InChI is InChI=1S/C10H20S/c1-10(2)8-6-4-3-5-7-9-11/h11H,1,3-9H2,2H3. The Morgan fingerprint density at radius 1 is 1.09 bits per heavy atom. The van der Waals surface area contributed by atoms with Gasteiger partial charge in [0.25, 0.3) is 0 Å². The van der Waals surface area contributed by atoms with Crippen molar-refractivity contribution in [2.75, 3.05) is 5.75 Å². The third-order valence-electron chi connectivity index (χ3n) is 1.76. The Kier molecular flexibility index (Phi) is 8.26. The summed E-state index contributed by atoms with van der Waals surface area (Å²) in [4.78, 5) is 0. The number of allylic oxidation sites excluding steroid dienone is 1. The molecule has 0 amide bonds. The molecule has 66 valence electrons. The fourth-order valence-corrected chi connectivity index (χ4v) is 1.29. The zero-order valence-corrected chi connectivity index (χ0v) is 8.50. The molecule has 0 atom stereocenters. The van der Waals surface area contributed by atoms with E-state index in [2.05, 4.69) is 26.1 Å². The van der Waals surface area contributed by atoms with Gasteiger partial charge in [-0.05, 0) is 31.9 Å². The van der Waals surface area contributed by atoms with E-state index in [1.165, 1.54) is 44.1 Å². The molecule has 0 radical (unpaired) electrons. The van der Waals surface area contributed by atoms with Gasteiger partial charge in [0.15, 0.2) is 0 Å². The summed E-state index contributed by atoms with van der Waals surface area (Å²) < 4.78 is 0. The fourth-order valence-electron chi connectivity index (χ4n) is 1.07. The predicted molar refractivity (Wildman–Crippen MR) is 56.4 cm³/mol. The molecule has 0 N–H and O–H groups in total. The lowest BCUT2D eigenvalue weighted by molar-refractivity contribution is 0.634. The van der Waals surface area contributed by atoms with Gasteiger partial charge >= 0.3 is 0 Å². The van der Waals surface area contributed by atoms with Crippen LogP contribution in [0.4, 0.5) is 0 Å². The molecule has 0 heterocycles. The van der Waals surface area contributed by atoms with Gasteiger partial charge in [0, 0.05) is 0 Å². The topological polar surface area (TPSA) is 0 Å². The van der Waals surface area contributed by atoms with Crippen LogP contribution in [0.5, 0.6) is 0 Å². The molecule has 0 rings (SSSR count). The third kappa shape index (κ3) is 10.1. The first-order chi connectivity index (χ1) is 5.27. The molecule has 0 aromatic heterocycles. The Balaban J connectivity index is 2.85. The summed E-state index contributed by atoms with van der Waals surface area (Å²) in [5.74, 6) is 1.04. The fraction of sp³-hybridized carbons (Fsp3) is 0.800. The lowest BCUT2D eigenvalue weighted by atomic mass is 10.1. The summed E-state index contributed by atoms with van der Waals surface area (Å²) in [7, 11) is 0. The minimum Gasteiger partial charge on any atom is -0.179 e. The Morgan fingerprint density at radius 3 is 2.18 bits per heavy atom. The predicted octanol–water partition coefficient (Wildman–Crippen LogP) is 3.83. The van der Waals surface area contributed by atoms with E-state index < -0.39 is 0 Å². The largest absolute Gasteiger partial charge is 0.179 e. The maximum atomic E-state index is 4.16. The maximum Gasteiger partial charge on any atom is -0.00979 e. The van der Waals surface area contributed by atoms with Crippen molar-refractivity contribution in [2.24, 2.45) is 0 Å². The lowest BCUT2D eigenvalue weighted by Gasteiger charge is -1.99. The highest BCUT2D eigenvalue weighted by molar-refractivity contribution is 7.80. The molecule has 0 aliphatic carbocycles. The highest BCUT2D eigenvalue weighted by Crippen LogP contribution is 2.09. The number of rotatable bonds is 7. The first-order valence-electron chi connectivity index (χ1n) is 4.52. The molecule has 0 fully saturated rings. The van der Waals surface area contributed by atoms with Crippen molar-refractivity contribution < 1.29 is 0 Å². The highest BCUT2D eigenvalue weighted by Gasteiger charge is 1.89. The second-order valence-corrected chi connectivity index (χ2v) is 3.65. The zero-order valence-electron chi connectivity index (χ0n) is 7.60. The number of hydrogen-bond donors (Lipinski definition) is 1. The Hall–Kier alpha value is 0.0900. The van der Waals surface area contributed by atoms with Crippen LogP contribution < -0.4 is 0 Å². The van der Waals surface area contributed by atoms with E-state index in [9.17, 15) is 0 Å². The molecule has 0 saturated heterocycles. The van der Waals surface area contributed by atoms with Crippen LogP contribution in [0.15, 0.2) is 12.2 Å². The second-order valence-electron chi connectivity index (χ2n) is 3.20. The smallest absolute Gasteiger partial charge is 0.00979 e. The van der Waals surface area contributed by atoms with Gasteiger partial charge in [-0.25, -0.2) is 0 Å². The van der Waals surface area contributed by atoms with Crippen molar-refractivity contribution in [1.29, 1.82) is 0 Å². The quantitative estimate of drug-likeness (QED) is 0.337. The minimum atomic E-state index is 1.04.